The Balaban J connectivity index is 4.11. The van der Waals surface area contributed by atoms with Gasteiger partial charge in [-0.15, -0.1) is 0 Å². The molecule has 0 bridgehead atoms. The molecule has 0 aromatic heterocycles. The normalized spacial score (nSPS) is 13.0. The SMILES string of the molecule is C/C=C/N(C)C(N)=NC(C)C. The zero-order valence-electron chi connectivity index (χ0n) is 7.70. The molecule has 2 N–H and O–H groups in total. The van der Waals surface area contributed by atoms with Crippen LogP contribution in [0.4, 0.5) is 0 Å². The summed E-state index contributed by atoms with van der Waals surface area (Å²) in [7, 11) is 1.88. The van der Waals surface area contributed by atoms with Crippen LogP contribution >= 0.6 is 0 Å². The Bertz CT molecular complexity index is 159. The molecule has 0 unspecified atom stereocenters. The van der Waals surface area contributed by atoms with Crippen LogP contribution in [0.25, 0.3) is 0 Å². The van der Waals surface area contributed by atoms with Crippen molar-refractivity contribution in [2.75, 3.05) is 7.05 Å². The molecule has 0 aliphatic rings. The van der Waals surface area contributed by atoms with Crippen LogP contribution in [0, 0.1) is 0 Å². The largest absolute Gasteiger partial charge is 0.370 e. The Hall–Kier alpha value is -0.990. The van der Waals surface area contributed by atoms with E-state index in [1.165, 1.54) is 0 Å². The molecule has 0 amide bonds. The zero-order valence-corrected chi connectivity index (χ0v) is 7.70. The topological polar surface area (TPSA) is 41.6 Å². The molecule has 0 fully saturated rings. The van der Waals surface area contributed by atoms with Crippen molar-refractivity contribution in [2.45, 2.75) is 26.8 Å². The summed E-state index contributed by atoms with van der Waals surface area (Å²) in [5.41, 5.74) is 5.63. The number of rotatable bonds is 2. The summed E-state index contributed by atoms with van der Waals surface area (Å²) in [6, 6.07) is 0.253. The molecule has 0 radical (unpaired) electrons. The maximum absolute atomic E-state index is 5.63. The molecule has 0 aliphatic carbocycles. The molecule has 0 atom stereocenters. The maximum atomic E-state index is 5.63. The third-order valence-electron chi connectivity index (χ3n) is 1.12. The molecule has 3 heteroatoms. The fourth-order valence-electron chi connectivity index (χ4n) is 0.656. The molecule has 0 aliphatic heterocycles. The van der Waals surface area contributed by atoms with Crippen LogP contribution in [0.5, 0.6) is 0 Å². The average Bonchev–Trinajstić information content (AvgIpc) is 1.86. The molecule has 64 valence electrons. The summed E-state index contributed by atoms with van der Waals surface area (Å²) in [6.07, 6.45) is 3.80. The fraction of sp³-hybridized carbons (Fsp3) is 0.625. The molecule has 0 spiro atoms. The minimum absolute atomic E-state index is 0.253. The minimum Gasteiger partial charge on any atom is -0.370 e. The van der Waals surface area contributed by atoms with Crippen LogP contribution in [-0.4, -0.2) is 23.9 Å². The number of allylic oxidation sites excluding steroid dienone is 1. The van der Waals surface area contributed by atoms with E-state index in [1.807, 2.05) is 40.1 Å². The first-order valence-corrected chi connectivity index (χ1v) is 3.76. The van der Waals surface area contributed by atoms with Crippen molar-refractivity contribution < 1.29 is 0 Å². The molecule has 3 nitrogen and oxygen atoms in total. The predicted octanol–water partition coefficient (Wildman–Crippen LogP) is 1.17. The van der Waals surface area contributed by atoms with E-state index in [-0.39, 0.29) is 6.04 Å². The van der Waals surface area contributed by atoms with E-state index in [0.29, 0.717) is 5.96 Å². The highest BCUT2D eigenvalue weighted by Gasteiger charge is 1.96. The van der Waals surface area contributed by atoms with Crippen LogP contribution in [0.15, 0.2) is 17.3 Å². The van der Waals surface area contributed by atoms with Gasteiger partial charge in [0, 0.05) is 19.3 Å². The first-order chi connectivity index (χ1) is 5.07. The van der Waals surface area contributed by atoms with Crippen LogP contribution in [0.2, 0.25) is 0 Å². The van der Waals surface area contributed by atoms with Gasteiger partial charge in [0.15, 0.2) is 5.96 Å². The number of aliphatic imine (C=N–C) groups is 1. The van der Waals surface area contributed by atoms with E-state index in [4.69, 9.17) is 5.73 Å². The van der Waals surface area contributed by atoms with Gasteiger partial charge in [0.1, 0.15) is 0 Å². The van der Waals surface area contributed by atoms with E-state index in [2.05, 4.69) is 4.99 Å². The number of hydrogen-bond donors (Lipinski definition) is 1. The van der Waals surface area contributed by atoms with Crippen LogP contribution in [0.3, 0.4) is 0 Å². The number of nitrogens with two attached hydrogens (primary N) is 1. The second kappa shape index (κ2) is 4.77. The molecule has 0 aromatic carbocycles. The summed E-state index contributed by atoms with van der Waals surface area (Å²) < 4.78 is 0. The number of nitrogens with zero attached hydrogens (tertiary/aromatic N) is 2. The molecule has 11 heavy (non-hydrogen) atoms. The first kappa shape index (κ1) is 10.0. The lowest BCUT2D eigenvalue weighted by Gasteiger charge is -2.12. The minimum atomic E-state index is 0.253. The lowest BCUT2D eigenvalue weighted by molar-refractivity contribution is 0.658. The van der Waals surface area contributed by atoms with Gasteiger partial charge in [0.25, 0.3) is 0 Å². The summed E-state index contributed by atoms with van der Waals surface area (Å²) in [5.74, 6) is 0.554. The Morgan fingerprint density at radius 1 is 1.55 bits per heavy atom. The zero-order chi connectivity index (χ0) is 8.85. The van der Waals surface area contributed by atoms with Crippen molar-refractivity contribution in [1.82, 2.24) is 4.90 Å². The Morgan fingerprint density at radius 2 is 2.09 bits per heavy atom. The Morgan fingerprint density at radius 3 is 2.45 bits per heavy atom. The highest BCUT2D eigenvalue weighted by molar-refractivity contribution is 5.78. The predicted molar refractivity (Wildman–Crippen MR) is 49.3 cm³/mol. The van der Waals surface area contributed by atoms with Gasteiger partial charge in [0.05, 0.1) is 0 Å². The van der Waals surface area contributed by atoms with Crippen molar-refractivity contribution in [3.63, 3.8) is 0 Å². The van der Waals surface area contributed by atoms with Gasteiger partial charge in [-0.25, -0.2) is 0 Å². The van der Waals surface area contributed by atoms with Crippen molar-refractivity contribution in [2.24, 2.45) is 10.7 Å². The third kappa shape index (κ3) is 4.42. The van der Waals surface area contributed by atoms with Gasteiger partial charge in [0.2, 0.25) is 0 Å². The standard InChI is InChI=1S/C8H17N3/c1-5-6-11(4)8(9)10-7(2)3/h5-7H,1-4H3,(H2,9,10)/b6-5+. The summed E-state index contributed by atoms with van der Waals surface area (Å²) >= 11 is 0. The van der Waals surface area contributed by atoms with E-state index in [9.17, 15) is 0 Å². The van der Waals surface area contributed by atoms with Gasteiger partial charge >= 0.3 is 0 Å². The molecule has 0 heterocycles. The van der Waals surface area contributed by atoms with Crippen molar-refractivity contribution in [1.29, 1.82) is 0 Å². The number of hydrogen-bond acceptors (Lipinski definition) is 1. The van der Waals surface area contributed by atoms with E-state index >= 15 is 0 Å². The van der Waals surface area contributed by atoms with Gasteiger partial charge in [-0.3, -0.25) is 4.99 Å². The van der Waals surface area contributed by atoms with Crippen LogP contribution < -0.4 is 5.73 Å². The molecule has 0 saturated carbocycles. The van der Waals surface area contributed by atoms with Gasteiger partial charge in [-0.2, -0.15) is 0 Å². The molecule has 0 aromatic rings. The smallest absolute Gasteiger partial charge is 0.195 e. The highest BCUT2D eigenvalue weighted by Crippen LogP contribution is 1.89. The highest BCUT2D eigenvalue weighted by atomic mass is 15.2. The molecule has 0 saturated heterocycles. The van der Waals surface area contributed by atoms with E-state index in [1.54, 1.807) is 4.90 Å². The lowest BCUT2D eigenvalue weighted by Crippen LogP contribution is -2.30. The van der Waals surface area contributed by atoms with E-state index < -0.39 is 0 Å². The third-order valence-corrected chi connectivity index (χ3v) is 1.12. The quantitative estimate of drug-likeness (QED) is 0.480. The lowest BCUT2D eigenvalue weighted by atomic mass is 10.4. The first-order valence-electron chi connectivity index (χ1n) is 3.76. The van der Waals surface area contributed by atoms with Gasteiger partial charge < -0.3 is 10.6 Å². The number of guanidine groups is 1. The monoisotopic (exact) mass is 155 g/mol. The summed E-state index contributed by atoms with van der Waals surface area (Å²) in [4.78, 5) is 5.96. The summed E-state index contributed by atoms with van der Waals surface area (Å²) in [5, 5.41) is 0. The second-order valence-electron chi connectivity index (χ2n) is 2.67. The fourth-order valence-corrected chi connectivity index (χ4v) is 0.656. The van der Waals surface area contributed by atoms with Gasteiger partial charge in [-0.1, -0.05) is 6.08 Å². The Labute approximate surface area is 68.6 Å². The maximum Gasteiger partial charge on any atom is 0.195 e. The van der Waals surface area contributed by atoms with Crippen molar-refractivity contribution in [3.8, 4) is 0 Å². The van der Waals surface area contributed by atoms with E-state index in [0.717, 1.165) is 0 Å². The van der Waals surface area contributed by atoms with Crippen molar-refractivity contribution in [3.05, 3.63) is 12.3 Å². The molecular weight excluding hydrogens is 138 g/mol. The van der Waals surface area contributed by atoms with Crippen LogP contribution in [-0.2, 0) is 0 Å². The molecular formula is C8H17N3. The van der Waals surface area contributed by atoms with Crippen LogP contribution in [0.1, 0.15) is 20.8 Å². The average molecular weight is 155 g/mol. The summed E-state index contributed by atoms with van der Waals surface area (Å²) in [6.45, 7) is 5.94. The molecule has 0 rings (SSSR count). The second-order valence-corrected chi connectivity index (χ2v) is 2.67. The van der Waals surface area contributed by atoms with Crippen molar-refractivity contribution >= 4 is 5.96 Å². The van der Waals surface area contributed by atoms with Gasteiger partial charge in [-0.05, 0) is 20.8 Å². The Kier molecular flexibility index (Phi) is 4.34.